The molecular weight excluding hydrogens is 536 g/mol. The van der Waals surface area contributed by atoms with Crippen molar-refractivity contribution in [3.63, 3.8) is 0 Å². The number of aliphatic hydroxyl groups is 1. The molecular formula is C26H26ClF2N5O3S. The number of hydrogen-bond acceptors (Lipinski definition) is 6. The number of imidazole rings is 1. The van der Waals surface area contributed by atoms with Crippen molar-refractivity contribution >= 4 is 38.4 Å². The van der Waals surface area contributed by atoms with Gasteiger partial charge in [0.15, 0.2) is 11.8 Å². The third-order valence-corrected chi connectivity index (χ3v) is 8.25. The van der Waals surface area contributed by atoms with E-state index in [2.05, 4.69) is 24.0 Å². The quantitative estimate of drug-likeness (QED) is 0.272. The van der Waals surface area contributed by atoms with Gasteiger partial charge >= 0.3 is 0 Å². The minimum Gasteiger partial charge on any atom is -0.455 e. The molecule has 1 aliphatic rings. The molecule has 1 aliphatic carbocycles. The fraction of sp³-hybridized carbons (Fsp3) is 0.308. The lowest BCUT2D eigenvalue weighted by Crippen LogP contribution is -2.39. The lowest BCUT2D eigenvalue weighted by Gasteiger charge is -2.22. The number of ether oxygens (including phenoxy) is 1. The summed E-state index contributed by atoms with van der Waals surface area (Å²) in [5.41, 5.74) is 4.53. The molecule has 0 aliphatic heterocycles. The van der Waals surface area contributed by atoms with Crippen molar-refractivity contribution in [2.24, 2.45) is 10.3 Å². The molecule has 2 aromatic heterocycles. The van der Waals surface area contributed by atoms with Crippen molar-refractivity contribution in [2.75, 3.05) is 19.9 Å². The second-order valence-corrected chi connectivity index (χ2v) is 11.8. The number of benzene rings is 2. The zero-order valence-electron chi connectivity index (χ0n) is 20.6. The first kappa shape index (κ1) is 26.5. The normalized spacial score (nSPS) is 20.4. The van der Waals surface area contributed by atoms with E-state index >= 15 is 0 Å². The summed E-state index contributed by atoms with van der Waals surface area (Å²) < 4.78 is 53.4. The predicted octanol–water partition coefficient (Wildman–Crippen LogP) is 5.59. The molecule has 3 N–H and O–H groups in total. The maximum atomic E-state index is 14.4. The van der Waals surface area contributed by atoms with Crippen molar-refractivity contribution in [3.05, 3.63) is 59.6 Å². The SMILES string of the molecule is CNS(C)(=O)=Nc1ccc(-c2ccc(-c3nc4nc(O[C@@H]5CC[C@H](CO)C5(F)F)[nH]c4cc3Cl)cc2)cc1. The minimum absolute atomic E-state index is 0.0666. The van der Waals surface area contributed by atoms with Gasteiger partial charge in [-0.05, 0) is 49.2 Å². The number of hydrogen-bond donors (Lipinski definition) is 3. The average Bonchev–Trinajstić information content (AvgIpc) is 3.42. The molecule has 2 aromatic carbocycles. The van der Waals surface area contributed by atoms with Crippen LogP contribution in [0.2, 0.25) is 5.02 Å². The van der Waals surface area contributed by atoms with E-state index in [0.29, 0.717) is 21.9 Å². The molecule has 0 amide bonds. The first-order valence-corrected chi connectivity index (χ1v) is 14.2. The molecule has 5 rings (SSSR count). The number of alkyl halides is 2. The number of halogens is 3. The van der Waals surface area contributed by atoms with Gasteiger partial charge in [-0.15, -0.1) is 0 Å². The molecule has 1 unspecified atom stereocenters. The van der Waals surface area contributed by atoms with Gasteiger partial charge in [-0.3, -0.25) is 0 Å². The third kappa shape index (κ3) is 5.24. The number of H-pyrrole nitrogens is 1. The van der Waals surface area contributed by atoms with Crippen LogP contribution in [-0.2, 0) is 9.92 Å². The number of nitrogens with one attached hydrogen (secondary N) is 2. The Hall–Kier alpha value is -3.12. The summed E-state index contributed by atoms with van der Waals surface area (Å²) in [4.78, 5) is 11.6. The van der Waals surface area contributed by atoms with Gasteiger partial charge in [-0.1, -0.05) is 48.0 Å². The summed E-state index contributed by atoms with van der Waals surface area (Å²) >= 11 is 6.50. The highest BCUT2D eigenvalue weighted by atomic mass is 35.5. The molecule has 200 valence electrons. The molecule has 2 heterocycles. The van der Waals surface area contributed by atoms with Crippen molar-refractivity contribution < 1.29 is 22.8 Å². The van der Waals surface area contributed by atoms with Crippen LogP contribution in [0.5, 0.6) is 6.01 Å². The van der Waals surface area contributed by atoms with Crippen LogP contribution in [-0.4, -0.2) is 56.2 Å². The van der Waals surface area contributed by atoms with E-state index in [0.717, 1.165) is 16.7 Å². The van der Waals surface area contributed by atoms with Crippen molar-refractivity contribution in [2.45, 2.75) is 24.9 Å². The molecule has 0 spiro atoms. The maximum Gasteiger partial charge on any atom is 0.296 e. The predicted molar refractivity (Wildman–Crippen MR) is 144 cm³/mol. The van der Waals surface area contributed by atoms with Gasteiger partial charge in [0.2, 0.25) is 0 Å². The Kier molecular flexibility index (Phi) is 7.12. The highest BCUT2D eigenvalue weighted by molar-refractivity contribution is 7.91. The van der Waals surface area contributed by atoms with Gasteiger partial charge in [-0.2, -0.15) is 9.35 Å². The Balaban J connectivity index is 1.36. The molecule has 8 nitrogen and oxygen atoms in total. The van der Waals surface area contributed by atoms with Crippen LogP contribution < -0.4 is 9.46 Å². The molecule has 38 heavy (non-hydrogen) atoms. The number of aromatic amines is 1. The van der Waals surface area contributed by atoms with Crippen LogP contribution in [0.1, 0.15) is 12.8 Å². The van der Waals surface area contributed by atoms with Crippen LogP contribution in [0.3, 0.4) is 0 Å². The Morgan fingerprint density at radius 1 is 1.13 bits per heavy atom. The van der Waals surface area contributed by atoms with Gasteiger partial charge in [0.1, 0.15) is 9.92 Å². The van der Waals surface area contributed by atoms with Crippen molar-refractivity contribution in [1.82, 2.24) is 19.7 Å². The molecule has 4 aromatic rings. The monoisotopic (exact) mass is 561 g/mol. The van der Waals surface area contributed by atoms with E-state index in [4.69, 9.17) is 16.3 Å². The number of fused-ring (bicyclic) bond motifs is 1. The number of rotatable bonds is 7. The first-order chi connectivity index (χ1) is 18.1. The van der Waals surface area contributed by atoms with Gasteiger partial charge < -0.3 is 14.8 Å². The fourth-order valence-electron chi connectivity index (χ4n) is 4.42. The van der Waals surface area contributed by atoms with E-state index in [1.165, 1.54) is 6.26 Å². The van der Waals surface area contributed by atoms with E-state index in [1.807, 2.05) is 36.4 Å². The Bertz CT molecular complexity index is 1590. The van der Waals surface area contributed by atoms with Gasteiger partial charge in [0.25, 0.3) is 11.9 Å². The van der Waals surface area contributed by atoms with E-state index in [9.17, 15) is 18.1 Å². The number of aromatic nitrogens is 3. The van der Waals surface area contributed by atoms with Crippen LogP contribution in [0.4, 0.5) is 14.5 Å². The van der Waals surface area contributed by atoms with Crippen LogP contribution in [0.15, 0.2) is 59.0 Å². The average molecular weight is 562 g/mol. The maximum absolute atomic E-state index is 14.4. The number of pyridine rings is 1. The Labute approximate surface area is 223 Å². The molecule has 12 heteroatoms. The van der Waals surface area contributed by atoms with E-state index in [1.54, 1.807) is 25.2 Å². The highest BCUT2D eigenvalue weighted by Crippen LogP contribution is 2.42. The summed E-state index contributed by atoms with van der Waals surface area (Å²) in [6.07, 6.45) is 0.455. The Morgan fingerprint density at radius 3 is 2.37 bits per heavy atom. The van der Waals surface area contributed by atoms with Crippen LogP contribution in [0.25, 0.3) is 33.5 Å². The van der Waals surface area contributed by atoms with Gasteiger partial charge in [0.05, 0.1) is 28.5 Å². The molecule has 3 atom stereocenters. The molecule has 1 fully saturated rings. The zero-order valence-corrected chi connectivity index (χ0v) is 22.2. The minimum atomic E-state index is -3.15. The highest BCUT2D eigenvalue weighted by Gasteiger charge is 2.53. The van der Waals surface area contributed by atoms with E-state index < -0.39 is 34.5 Å². The number of nitrogens with zero attached hydrogens (tertiary/aromatic N) is 3. The summed E-state index contributed by atoms with van der Waals surface area (Å²) in [5.74, 6) is -4.27. The zero-order chi connectivity index (χ0) is 27.1. The summed E-state index contributed by atoms with van der Waals surface area (Å²) in [6, 6.07) is 16.6. The molecule has 0 radical (unpaired) electrons. The lowest BCUT2D eigenvalue weighted by atomic mass is 10.0. The van der Waals surface area contributed by atoms with Gasteiger partial charge in [0, 0.05) is 17.7 Å². The Morgan fingerprint density at radius 2 is 1.76 bits per heavy atom. The third-order valence-electron chi connectivity index (χ3n) is 6.65. The van der Waals surface area contributed by atoms with Crippen molar-refractivity contribution in [3.8, 4) is 28.4 Å². The second-order valence-electron chi connectivity index (χ2n) is 9.19. The summed E-state index contributed by atoms with van der Waals surface area (Å²) in [6.45, 7) is -0.591. The molecule has 1 saturated carbocycles. The van der Waals surface area contributed by atoms with Crippen molar-refractivity contribution in [1.29, 1.82) is 0 Å². The lowest BCUT2D eigenvalue weighted by molar-refractivity contribution is -0.116. The van der Waals surface area contributed by atoms with E-state index in [-0.39, 0.29) is 24.5 Å². The molecule has 0 bridgehead atoms. The van der Waals surface area contributed by atoms with Crippen LogP contribution >= 0.6 is 11.6 Å². The summed E-state index contributed by atoms with van der Waals surface area (Å²) in [5, 5.41) is 9.57. The standard InChI is InChI=1S/C26H26ClF2N5O3S/c1-30-38(2,36)34-19-10-7-16(8-11-19)15-3-5-17(6-4-15)23-20(27)13-21-24(32-23)33-25(31-21)37-22-12-9-18(14-35)26(22,28)29/h3-8,10-11,13,18,22,35H,9,12,14H2,1-2H3,(H,30,34,36)(H,31,32,33)/t18-,22-,38?/m1/s1. The second kappa shape index (κ2) is 10.2. The summed E-state index contributed by atoms with van der Waals surface area (Å²) in [7, 11) is -0.869. The van der Waals surface area contributed by atoms with Gasteiger partial charge in [-0.25, -0.2) is 22.7 Å². The fourth-order valence-corrected chi connectivity index (χ4v) is 5.30. The number of aliphatic hydroxyl groups excluding tert-OH is 1. The van der Waals surface area contributed by atoms with Crippen LogP contribution in [0, 0.1) is 5.92 Å². The smallest absolute Gasteiger partial charge is 0.296 e. The largest absolute Gasteiger partial charge is 0.455 e. The first-order valence-electron chi connectivity index (χ1n) is 11.9. The molecule has 0 saturated heterocycles. The topological polar surface area (TPSA) is 112 Å².